The molecule has 75 heavy (non-hydrogen) atoms. The lowest BCUT2D eigenvalue weighted by atomic mass is 10.1. The van der Waals surface area contributed by atoms with Crippen LogP contribution in [-0.2, 0) is 33.3 Å². The van der Waals surface area contributed by atoms with Gasteiger partial charge in [0.05, 0.1) is 34.4 Å². The van der Waals surface area contributed by atoms with Crippen LogP contribution in [0.5, 0.6) is 0 Å². The fourth-order valence-corrected chi connectivity index (χ4v) is 7.14. The van der Waals surface area contributed by atoms with Crippen molar-refractivity contribution in [2.75, 3.05) is 47.5 Å². The van der Waals surface area contributed by atoms with Gasteiger partial charge in [0.1, 0.15) is 13.2 Å². The number of ether oxygens (including phenoxy) is 4. The summed E-state index contributed by atoms with van der Waals surface area (Å²) in [6.45, 7) is 4.63. The summed E-state index contributed by atoms with van der Waals surface area (Å²) in [4.78, 5) is 37.3. The summed E-state index contributed by atoms with van der Waals surface area (Å²) in [7, 11) is 5.94. The minimum atomic E-state index is -1.53. The van der Waals surface area contributed by atoms with Crippen molar-refractivity contribution >= 4 is 17.9 Å². The van der Waals surface area contributed by atoms with E-state index in [2.05, 4.69) is 160 Å². The first-order valence-electron chi connectivity index (χ1n) is 29.0. The van der Waals surface area contributed by atoms with Gasteiger partial charge in [0, 0.05) is 12.8 Å². The van der Waals surface area contributed by atoms with Gasteiger partial charge in [0.2, 0.25) is 0 Å². The maximum Gasteiger partial charge on any atom is 0.361 e. The summed E-state index contributed by atoms with van der Waals surface area (Å²) >= 11 is 0. The van der Waals surface area contributed by atoms with Gasteiger partial charge in [-0.3, -0.25) is 9.59 Å². The molecule has 0 aromatic carbocycles. The van der Waals surface area contributed by atoms with Gasteiger partial charge >= 0.3 is 17.9 Å². The first-order valence-corrected chi connectivity index (χ1v) is 29.0. The average Bonchev–Trinajstić information content (AvgIpc) is 3.38. The number of likely N-dealkylation sites (N-methyl/N-ethyl adjacent to an activating group) is 1. The highest BCUT2D eigenvalue weighted by atomic mass is 16.7. The highest BCUT2D eigenvalue weighted by molar-refractivity contribution is 5.71. The van der Waals surface area contributed by atoms with Crippen LogP contribution in [0.3, 0.4) is 0 Å². The number of carboxylic acid groups (broad SMARTS) is 1. The summed E-state index contributed by atoms with van der Waals surface area (Å²) in [5.41, 5.74) is 0. The number of hydrogen-bond acceptors (Lipinski definition) is 7. The molecule has 0 heterocycles. The molecule has 0 aromatic rings. The Labute approximate surface area is 458 Å². The van der Waals surface area contributed by atoms with Crippen LogP contribution in [0.1, 0.15) is 194 Å². The molecule has 0 saturated carbocycles. The van der Waals surface area contributed by atoms with Crippen LogP contribution in [0.2, 0.25) is 0 Å². The minimum Gasteiger partial charge on any atom is -0.477 e. The third-order valence-corrected chi connectivity index (χ3v) is 11.6. The zero-order valence-electron chi connectivity index (χ0n) is 47.9. The van der Waals surface area contributed by atoms with Gasteiger partial charge in [0.15, 0.2) is 6.10 Å². The third kappa shape index (κ3) is 56.7. The van der Waals surface area contributed by atoms with Crippen molar-refractivity contribution < 1.29 is 42.9 Å². The number of rotatable bonds is 51. The molecule has 2 atom stereocenters. The molecule has 9 nitrogen and oxygen atoms in total. The Balaban J connectivity index is 4.25. The van der Waals surface area contributed by atoms with E-state index < -0.39 is 24.3 Å². The van der Waals surface area contributed by atoms with Crippen LogP contribution in [-0.4, -0.2) is 87.4 Å². The molecule has 0 fully saturated rings. The number of aliphatic carboxylic acids is 1. The molecule has 0 radical (unpaired) electrons. The Bertz CT molecular complexity index is 1730. The summed E-state index contributed by atoms with van der Waals surface area (Å²) < 4.78 is 22.8. The Morgan fingerprint density at radius 2 is 0.760 bits per heavy atom. The second kappa shape index (κ2) is 55.4. The standard InChI is InChI=1S/C66H105NO8/c1-6-8-10-12-14-16-18-20-21-22-23-24-25-26-27-28-29-30-31-32-33-34-35-36-37-38-39-40-41-42-43-45-47-49-51-53-55-57-64(69)75-62(61-74-66(65(70)71)72-59-58-67(3,4)5)60-73-63(68)56-54-52-50-48-46-44-19-17-15-13-11-9-7-2/h8,10-11,13-14,16-17,19-21,23-24,26-27,29-30,32-33,35-36,38-39,41-42,62,66H,6-7,9,12,15,18,22,25,28,31,34,37,40,43-61H2,1-5H3/p+1/b10-8-,13-11-,16-14-,19-17-,21-20-,24-23-,27-26-,30-29-,33-32-,36-35-,39-38-,42-41-. The quantitative estimate of drug-likeness (QED) is 0.0211. The monoisotopic (exact) mass is 1040 g/mol. The summed E-state index contributed by atoms with van der Waals surface area (Å²) in [6.07, 6.45) is 77.9. The van der Waals surface area contributed by atoms with Crippen LogP contribution in [0, 0.1) is 0 Å². The number of carboxylic acids is 1. The van der Waals surface area contributed by atoms with Gasteiger partial charge < -0.3 is 28.5 Å². The SMILES string of the molecule is CC/C=C\C/C=C\C/C=C\C/C=C\C/C=C\C/C=C\C/C=C\C/C=C\C/C=C\C/C=C\CCCCCCCCC(=O)OC(COC(=O)CCCCCCC/C=C\C/C=C\CCC)COC(OCC[N+](C)(C)C)C(=O)O. The Morgan fingerprint density at radius 3 is 1.13 bits per heavy atom. The van der Waals surface area contributed by atoms with Gasteiger partial charge in [-0.05, 0) is 116 Å². The highest BCUT2D eigenvalue weighted by Crippen LogP contribution is 2.13. The predicted octanol–water partition coefficient (Wildman–Crippen LogP) is 17.2. The fourth-order valence-electron chi connectivity index (χ4n) is 7.14. The first kappa shape index (κ1) is 70.2. The Kier molecular flexibility index (Phi) is 51.8. The predicted molar refractivity (Wildman–Crippen MR) is 317 cm³/mol. The number of nitrogens with zero attached hydrogens (tertiary/aromatic N) is 1. The van der Waals surface area contributed by atoms with Crippen molar-refractivity contribution in [1.82, 2.24) is 0 Å². The first-order chi connectivity index (χ1) is 36.6. The number of esters is 2. The third-order valence-electron chi connectivity index (χ3n) is 11.6. The molecule has 1 N–H and O–H groups in total. The van der Waals surface area contributed by atoms with E-state index in [1.807, 2.05) is 21.1 Å². The van der Waals surface area contributed by atoms with E-state index in [1.165, 1.54) is 6.42 Å². The van der Waals surface area contributed by atoms with Crippen molar-refractivity contribution in [3.63, 3.8) is 0 Å². The molecule has 0 saturated heterocycles. The summed E-state index contributed by atoms with van der Waals surface area (Å²) in [5, 5.41) is 9.68. The van der Waals surface area contributed by atoms with Gasteiger partial charge in [0.25, 0.3) is 6.29 Å². The van der Waals surface area contributed by atoms with Crippen molar-refractivity contribution in [2.24, 2.45) is 0 Å². The van der Waals surface area contributed by atoms with Crippen molar-refractivity contribution in [2.45, 2.75) is 206 Å². The zero-order chi connectivity index (χ0) is 54.8. The maximum atomic E-state index is 12.9. The van der Waals surface area contributed by atoms with Crippen LogP contribution in [0.15, 0.2) is 146 Å². The molecule has 422 valence electrons. The van der Waals surface area contributed by atoms with E-state index in [0.29, 0.717) is 17.4 Å². The topological polar surface area (TPSA) is 108 Å². The van der Waals surface area contributed by atoms with E-state index >= 15 is 0 Å². The van der Waals surface area contributed by atoms with E-state index in [1.54, 1.807) is 0 Å². The molecular formula is C66H106NO8+. The molecule has 0 aliphatic carbocycles. The fraction of sp³-hybridized carbons (Fsp3) is 0.591. The zero-order valence-corrected chi connectivity index (χ0v) is 47.9. The number of carbonyl (C=O) groups excluding carboxylic acids is 2. The van der Waals surface area contributed by atoms with Crippen molar-refractivity contribution in [3.05, 3.63) is 146 Å². The molecule has 2 unspecified atom stereocenters. The molecule has 0 aromatic heterocycles. The Hall–Kier alpha value is -4.83. The van der Waals surface area contributed by atoms with Crippen molar-refractivity contribution in [1.29, 1.82) is 0 Å². The van der Waals surface area contributed by atoms with Crippen LogP contribution >= 0.6 is 0 Å². The van der Waals surface area contributed by atoms with Gasteiger partial charge in [-0.15, -0.1) is 0 Å². The molecule has 0 amide bonds. The number of hydrogen-bond donors (Lipinski definition) is 1. The lowest BCUT2D eigenvalue weighted by Crippen LogP contribution is -2.40. The molecule has 0 spiro atoms. The van der Waals surface area contributed by atoms with Crippen LogP contribution < -0.4 is 0 Å². The number of quaternary nitrogens is 1. The highest BCUT2D eigenvalue weighted by Gasteiger charge is 2.25. The van der Waals surface area contributed by atoms with Gasteiger partial charge in [-0.1, -0.05) is 211 Å². The summed E-state index contributed by atoms with van der Waals surface area (Å²) in [6, 6.07) is 0. The summed E-state index contributed by atoms with van der Waals surface area (Å²) in [5.74, 6) is -2.07. The van der Waals surface area contributed by atoms with Crippen LogP contribution in [0.4, 0.5) is 0 Å². The van der Waals surface area contributed by atoms with Crippen molar-refractivity contribution in [3.8, 4) is 0 Å². The second-order valence-electron chi connectivity index (χ2n) is 19.9. The molecule has 9 heteroatoms. The Morgan fingerprint density at radius 1 is 0.413 bits per heavy atom. The van der Waals surface area contributed by atoms with Gasteiger partial charge in [-0.25, -0.2) is 4.79 Å². The lowest BCUT2D eigenvalue weighted by molar-refractivity contribution is -0.870. The molecule has 0 rings (SSSR count). The van der Waals surface area contributed by atoms with E-state index in [0.717, 1.165) is 154 Å². The van der Waals surface area contributed by atoms with E-state index in [-0.39, 0.29) is 38.6 Å². The number of carbonyl (C=O) groups is 3. The molecular weight excluding hydrogens is 935 g/mol. The smallest absolute Gasteiger partial charge is 0.361 e. The largest absolute Gasteiger partial charge is 0.477 e. The molecule has 0 aliphatic heterocycles. The normalized spacial score (nSPS) is 13.9. The molecule has 0 aliphatic rings. The minimum absolute atomic E-state index is 0.174. The lowest BCUT2D eigenvalue weighted by Gasteiger charge is -2.25. The van der Waals surface area contributed by atoms with Crippen LogP contribution in [0.25, 0.3) is 0 Å². The molecule has 0 bridgehead atoms. The number of unbranched alkanes of at least 4 members (excludes halogenated alkanes) is 12. The second-order valence-corrected chi connectivity index (χ2v) is 19.9. The van der Waals surface area contributed by atoms with E-state index in [9.17, 15) is 19.5 Å². The van der Waals surface area contributed by atoms with E-state index in [4.69, 9.17) is 18.9 Å². The number of allylic oxidation sites excluding steroid dienone is 24. The van der Waals surface area contributed by atoms with Gasteiger partial charge in [-0.2, -0.15) is 0 Å². The maximum absolute atomic E-state index is 12.9. The average molecular weight is 1040 g/mol.